The number of rotatable bonds is 5. The lowest BCUT2D eigenvalue weighted by Gasteiger charge is -2.12. The van der Waals surface area contributed by atoms with Crippen LogP contribution in [0.4, 0.5) is 5.69 Å². The van der Waals surface area contributed by atoms with Crippen molar-refractivity contribution in [2.24, 2.45) is 0 Å². The number of ether oxygens (including phenoxy) is 1. The fraction of sp³-hybridized carbons (Fsp3) is 0.417. The summed E-state index contributed by atoms with van der Waals surface area (Å²) < 4.78 is 31.5. The Morgan fingerprint density at radius 3 is 2.80 bits per heavy atom. The van der Waals surface area contributed by atoms with Gasteiger partial charge in [-0.05, 0) is 31.0 Å². The highest BCUT2D eigenvalue weighted by molar-refractivity contribution is 7.92. The highest BCUT2D eigenvalue weighted by Gasteiger charge is 2.23. The van der Waals surface area contributed by atoms with E-state index in [0.29, 0.717) is 6.61 Å². The number of carboxylic acid groups (broad SMARTS) is 1. The molecule has 8 heteroatoms. The maximum Gasteiger partial charge on any atom is 0.337 e. The lowest BCUT2D eigenvalue weighted by Crippen LogP contribution is -2.25. The second kappa shape index (κ2) is 5.99. The maximum atomic E-state index is 11.9. The van der Waals surface area contributed by atoms with Crippen LogP contribution >= 0.6 is 11.6 Å². The molecule has 2 N–H and O–H groups in total. The third kappa shape index (κ3) is 3.84. The van der Waals surface area contributed by atoms with Crippen LogP contribution in [0.1, 0.15) is 23.2 Å². The highest BCUT2D eigenvalue weighted by Crippen LogP contribution is 2.22. The van der Waals surface area contributed by atoms with Gasteiger partial charge in [-0.3, -0.25) is 4.72 Å². The first-order valence-electron chi connectivity index (χ1n) is 6.02. The van der Waals surface area contributed by atoms with Crippen molar-refractivity contribution in [3.05, 3.63) is 28.8 Å². The number of nitrogens with one attached hydrogen (secondary N) is 1. The van der Waals surface area contributed by atoms with E-state index in [4.69, 9.17) is 21.4 Å². The molecule has 110 valence electrons. The zero-order valence-corrected chi connectivity index (χ0v) is 12.1. The second-order valence-electron chi connectivity index (χ2n) is 4.52. The molecular weight excluding hydrogens is 306 g/mol. The summed E-state index contributed by atoms with van der Waals surface area (Å²) in [6, 6.07) is 3.90. The lowest BCUT2D eigenvalue weighted by atomic mass is 10.2. The predicted octanol–water partition coefficient (Wildman–Crippen LogP) is 1.96. The third-order valence-electron chi connectivity index (χ3n) is 2.90. The highest BCUT2D eigenvalue weighted by atomic mass is 35.5. The molecule has 0 spiro atoms. The minimum absolute atomic E-state index is 0.0187. The number of hydrogen-bond donors (Lipinski definition) is 2. The van der Waals surface area contributed by atoms with E-state index in [1.165, 1.54) is 18.2 Å². The molecule has 1 aromatic rings. The van der Waals surface area contributed by atoms with Gasteiger partial charge in [-0.2, -0.15) is 0 Å². The lowest BCUT2D eigenvalue weighted by molar-refractivity contribution is 0.0697. The average molecular weight is 320 g/mol. The summed E-state index contributed by atoms with van der Waals surface area (Å²) in [5.41, 5.74) is 0.159. The van der Waals surface area contributed by atoms with Crippen LogP contribution in [-0.4, -0.2) is 38.0 Å². The molecule has 1 aliphatic rings. The number of aromatic carboxylic acids is 1. The van der Waals surface area contributed by atoms with E-state index < -0.39 is 16.0 Å². The van der Waals surface area contributed by atoms with Crippen LogP contribution in [0.3, 0.4) is 0 Å². The van der Waals surface area contributed by atoms with Gasteiger partial charge in [0.25, 0.3) is 0 Å². The van der Waals surface area contributed by atoms with Crippen molar-refractivity contribution in [3.63, 3.8) is 0 Å². The summed E-state index contributed by atoms with van der Waals surface area (Å²) in [5, 5.41) is 8.82. The number of anilines is 1. The standard InChI is InChI=1S/C12H14ClNO5S/c13-11-6-8(3-4-10(11)12(15)16)14-20(17,18)7-9-2-1-5-19-9/h3-4,6,9,14H,1-2,5,7H2,(H,15,16). The quantitative estimate of drug-likeness (QED) is 0.865. The topological polar surface area (TPSA) is 92.7 Å². The third-order valence-corrected chi connectivity index (χ3v) is 4.57. The maximum absolute atomic E-state index is 11.9. The normalized spacial score (nSPS) is 18.9. The van der Waals surface area contributed by atoms with Gasteiger partial charge in [0.1, 0.15) is 0 Å². The van der Waals surface area contributed by atoms with Crippen LogP contribution < -0.4 is 4.72 Å². The molecule has 0 amide bonds. The number of halogens is 1. The van der Waals surface area contributed by atoms with E-state index in [1.807, 2.05) is 0 Å². The first kappa shape index (κ1) is 15.1. The first-order chi connectivity index (χ1) is 9.37. The van der Waals surface area contributed by atoms with Crippen molar-refractivity contribution in [2.45, 2.75) is 18.9 Å². The van der Waals surface area contributed by atoms with Gasteiger partial charge in [-0.15, -0.1) is 0 Å². The van der Waals surface area contributed by atoms with Crippen molar-refractivity contribution >= 4 is 33.3 Å². The Morgan fingerprint density at radius 2 is 2.25 bits per heavy atom. The van der Waals surface area contributed by atoms with Crippen LogP contribution in [-0.2, 0) is 14.8 Å². The van der Waals surface area contributed by atoms with E-state index in [2.05, 4.69) is 4.72 Å². The average Bonchev–Trinajstić information content (AvgIpc) is 2.79. The van der Waals surface area contributed by atoms with E-state index in [9.17, 15) is 13.2 Å². The molecule has 0 aromatic heterocycles. The van der Waals surface area contributed by atoms with Gasteiger partial charge in [0.2, 0.25) is 10.0 Å². The number of hydrogen-bond acceptors (Lipinski definition) is 4. The van der Waals surface area contributed by atoms with Gasteiger partial charge in [0.15, 0.2) is 0 Å². The van der Waals surface area contributed by atoms with Crippen LogP contribution in [0.15, 0.2) is 18.2 Å². The zero-order valence-electron chi connectivity index (χ0n) is 10.5. The van der Waals surface area contributed by atoms with E-state index >= 15 is 0 Å². The molecule has 1 unspecified atom stereocenters. The Balaban J connectivity index is 2.08. The molecule has 1 aromatic carbocycles. The first-order valence-corrected chi connectivity index (χ1v) is 8.05. The van der Waals surface area contributed by atoms with Crippen molar-refractivity contribution in [1.82, 2.24) is 0 Å². The molecule has 0 saturated carbocycles. The molecule has 20 heavy (non-hydrogen) atoms. The van der Waals surface area contributed by atoms with Gasteiger partial charge in [0.05, 0.1) is 22.4 Å². The minimum atomic E-state index is -3.55. The second-order valence-corrected chi connectivity index (χ2v) is 6.69. The fourth-order valence-electron chi connectivity index (χ4n) is 1.99. The molecule has 2 rings (SSSR count). The van der Waals surface area contributed by atoms with E-state index in [1.54, 1.807) is 0 Å². The summed E-state index contributed by atoms with van der Waals surface area (Å²) in [7, 11) is -3.55. The van der Waals surface area contributed by atoms with Crippen LogP contribution in [0, 0.1) is 0 Å². The van der Waals surface area contributed by atoms with Gasteiger partial charge in [-0.1, -0.05) is 11.6 Å². The molecule has 0 bridgehead atoms. The van der Waals surface area contributed by atoms with Crippen molar-refractivity contribution < 1.29 is 23.1 Å². The Labute approximate surface area is 121 Å². The largest absolute Gasteiger partial charge is 0.478 e. The van der Waals surface area contributed by atoms with E-state index in [0.717, 1.165) is 12.8 Å². The Kier molecular flexibility index (Phi) is 4.52. The van der Waals surface area contributed by atoms with Gasteiger partial charge < -0.3 is 9.84 Å². The zero-order chi connectivity index (χ0) is 14.8. The summed E-state index contributed by atoms with van der Waals surface area (Å²) in [6.07, 6.45) is 1.29. The molecule has 1 fully saturated rings. The smallest absolute Gasteiger partial charge is 0.337 e. The molecular formula is C12H14ClNO5S. The molecule has 0 radical (unpaired) electrons. The van der Waals surface area contributed by atoms with Gasteiger partial charge in [-0.25, -0.2) is 13.2 Å². The SMILES string of the molecule is O=C(O)c1ccc(NS(=O)(=O)CC2CCCO2)cc1Cl. The van der Waals surface area contributed by atoms with Crippen molar-refractivity contribution in [2.75, 3.05) is 17.1 Å². The Hall–Kier alpha value is -1.31. The van der Waals surface area contributed by atoms with Gasteiger partial charge in [0, 0.05) is 12.3 Å². The number of sulfonamides is 1. The molecule has 1 atom stereocenters. The van der Waals surface area contributed by atoms with Crippen molar-refractivity contribution in [3.8, 4) is 0 Å². The summed E-state index contributed by atoms with van der Waals surface area (Å²) in [5.74, 6) is -1.28. The number of benzene rings is 1. The number of carboxylic acids is 1. The van der Waals surface area contributed by atoms with Crippen LogP contribution in [0.25, 0.3) is 0 Å². The summed E-state index contributed by atoms with van der Waals surface area (Å²) >= 11 is 5.78. The van der Waals surface area contributed by atoms with Crippen molar-refractivity contribution in [1.29, 1.82) is 0 Å². The van der Waals surface area contributed by atoms with Crippen LogP contribution in [0.5, 0.6) is 0 Å². The fourth-order valence-corrected chi connectivity index (χ4v) is 3.58. The van der Waals surface area contributed by atoms with E-state index in [-0.39, 0.29) is 28.1 Å². The monoisotopic (exact) mass is 319 g/mol. The number of carbonyl (C=O) groups is 1. The van der Waals surface area contributed by atoms with Gasteiger partial charge >= 0.3 is 5.97 Å². The Morgan fingerprint density at radius 1 is 1.50 bits per heavy atom. The molecule has 1 heterocycles. The van der Waals surface area contributed by atoms with Crippen LogP contribution in [0.2, 0.25) is 5.02 Å². The molecule has 6 nitrogen and oxygen atoms in total. The molecule has 1 saturated heterocycles. The molecule has 1 aliphatic heterocycles. The molecule has 0 aliphatic carbocycles. The predicted molar refractivity (Wildman–Crippen MR) is 74.8 cm³/mol. The minimum Gasteiger partial charge on any atom is -0.478 e. The summed E-state index contributed by atoms with van der Waals surface area (Å²) in [4.78, 5) is 10.8. The summed E-state index contributed by atoms with van der Waals surface area (Å²) in [6.45, 7) is 0.583. The Bertz CT molecular complexity index is 610.